The fraction of sp³-hybridized carbons (Fsp3) is 0.235. The number of amides is 1. The Morgan fingerprint density at radius 2 is 2.00 bits per heavy atom. The molecule has 0 heterocycles. The lowest BCUT2D eigenvalue weighted by molar-refractivity contribution is -0.121. The fourth-order valence-corrected chi connectivity index (χ4v) is 2.39. The summed E-state index contributed by atoms with van der Waals surface area (Å²) in [5, 5.41) is 3.93. The number of carbonyl (C=O) groups is 1. The van der Waals surface area contributed by atoms with Gasteiger partial charge in [0.2, 0.25) is 5.91 Å². The summed E-state index contributed by atoms with van der Waals surface area (Å²) in [5.74, 6) is 0.687. The molecule has 2 rings (SSSR count). The second-order valence-corrected chi connectivity index (χ2v) is 5.77. The molecule has 2 aromatic rings. The van der Waals surface area contributed by atoms with E-state index < -0.39 is 0 Å². The standard InChI is InChI=1S/C17H17Cl2NO2/c1-12-3-2-4-15(9-12)22-8-7-17(21)20-11-13-5-6-14(18)10-16(13)19/h2-6,9-10H,7-8,11H2,1H3,(H,20,21). The number of carbonyl (C=O) groups excluding carboxylic acids is 1. The Labute approximate surface area is 140 Å². The number of ether oxygens (including phenoxy) is 1. The largest absolute Gasteiger partial charge is 0.493 e. The van der Waals surface area contributed by atoms with Crippen LogP contribution >= 0.6 is 23.2 Å². The van der Waals surface area contributed by atoms with Crippen LogP contribution in [0.5, 0.6) is 5.75 Å². The van der Waals surface area contributed by atoms with Gasteiger partial charge < -0.3 is 10.1 Å². The molecule has 116 valence electrons. The zero-order chi connectivity index (χ0) is 15.9. The van der Waals surface area contributed by atoms with Gasteiger partial charge in [0.15, 0.2) is 0 Å². The maximum atomic E-state index is 11.8. The zero-order valence-electron chi connectivity index (χ0n) is 12.2. The molecular formula is C17H17Cl2NO2. The van der Waals surface area contributed by atoms with Crippen LogP contribution in [0.3, 0.4) is 0 Å². The molecule has 0 saturated carbocycles. The van der Waals surface area contributed by atoms with Crippen LogP contribution in [-0.4, -0.2) is 12.5 Å². The van der Waals surface area contributed by atoms with E-state index in [1.54, 1.807) is 18.2 Å². The van der Waals surface area contributed by atoms with Crippen molar-refractivity contribution >= 4 is 29.1 Å². The molecule has 0 spiro atoms. The van der Waals surface area contributed by atoms with Crippen molar-refractivity contribution in [3.05, 3.63) is 63.6 Å². The van der Waals surface area contributed by atoms with Crippen LogP contribution in [0.4, 0.5) is 0 Å². The highest BCUT2D eigenvalue weighted by Gasteiger charge is 2.05. The third-order valence-corrected chi connectivity index (χ3v) is 3.67. The summed E-state index contributed by atoms with van der Waals surface area (Å²) >= 11 is 11.9. The molecule has 0 aliphatic heterocycles. The number of aryl methyl sites for hydroxylation is 1. The van der Waals surface area contributed by atoms with Crippen molar-refractivity contribution < 1.29 is 9.53 Å². The van der Waals surface area contributed by atoms with Gasteiger partial charge in [-0.3, -0.25) is 4.79 Å². The summed E-state index contributed by atoms with van der Waals surface area (Å²) in [4.78, 5) is 11.8. The van der Waals surface area contributed by atoms with Gasteiger partial charge in [-0.15, -0.1) is 0 Å². The van der Waals surface area contributed by atoms with Crippen LogP contribution in [0, 0.1) is 6.92 Å². The van der Waals surface area contributed by atoms with Crippen molar-refractivity contribution in [2.75, 3.05) is 6.61 Å². The molecule has 5 heteroatoms. The molecule has 0 saturated heterocycles. The molecule has 0 bridgehead atoms. The van der Waals surface area contributed by atoms with Crippen LogP contribution in [0.15, 0.2) is 42.5 Å². The molecule has 0 unspecified atom stereocenters. The van der Waals surface area contributed by atoms with Gasteiger partial charge in [-0.05, 0) is 42.3 Å². The van der Waals surface area contributed by atoms with Gasteiger partial charge in [0, 0.05) is 16.6 Å². The van der Waals surface area contributed by atoms with Gasteiger partial charge in [0.25, 0.3) is 0 Å². The summed E-state index contributed by atoms with van der Waals surface area (Å²) in [6.07, 6.45) is 0.291. The van der Waals surface area contributed by atoms with Crippen molar-refractivity contribution in [2.45, 2.75) is 19.9 Å². The first-order valence-electron chi connectivity index (χ1n) is 6.94. The van der Waals surface area contributed by atoms with E-state index in [0.29, 0.717) is 29.6 Å². The lowest BCUT2D eigenvalue weighted by Crippen LogP contribution is -2.24. The van der Waals surface area contributed by atoms with E-state index in [1.165, 1.54) is 0 Å². The lowest BCUT2D eigenvalue weighted by atomic mass is 10.2. The van der Waals surface area contributed by atoms with E-state index >= 15 is 0 Å². The molecule has 0 aliphatic rings. The summed E-state index contributed by atoms with van der Waals surface area (Å²) in [7, 11) is 0. The minimum atomic E-state index is -0.0846. The normalized spacial score (nSPS) is 10.3. The Bertz CT molecular complexity index is 659. The van der Waals surface area contributed by atoms with Gasteiger partial charge >= 0.3 is 0 Å². The maximum Gasteiger partial charge on any atom is 0.223 e. The molecule has 0 radical (unpaired) electrons. The summed E-state index contributed by atoms with van der Waals surface area (Å²) < 4.78 is 5.54. The van der Waals surface area contributed by atoms with Crippen LogP contribution in [0.1, 0.15) is 17.5 Å². The highest BCUT2D eigenvalue weighted by Crippen LogP contribution is 2.20. The van der Waals surface area contributed by atoms with Gasteiger partial charge in [-0.25, -0.2) is 0 Å². The van der Waals surface area contributed by atoms with E-state index in [4.69, 9.17) is 27.9 Å². The summed E-state index contributed by atoms with van der Waals surface area (Å²) in [6, 6.07) is 12.9. The SMILES string of the molecule is Cc1cccc(OCCC(=O)NCc2ccc(Cl)cc2Cl)c1. The maximum absolute atomic E-state index is 11.8. The van der Waals surface area contributed by atoms with Gasteiger partial charge in [-0.1, -0.05) is 41.4 Å². The smallest absolute Gasteiger partial charge is 0.223 e. The number of benzene rings is 2. The first-order valence-corrected chi connectivity index (χ1v) is 7.70. The third kappa shape index (κ3) is 5.24. The minimum absolute atomic E-state index is 0.0846. The predicted molar refractivity (Wildman–Crippen MR) is 89.6 cm³/mol. The number of nitrogens with one attached hydrogen (secondary N) is 1. The number of halogens is 2. The Kier molecular flexibility index (Phi) is 6.10. The van der Waals surface area contributed by atoms with E-state index in [-0.39, 0.29) is 5.91 Å². The van der Waals surface area contributed by atoms with Crippen LogP contribution < -0.4 is 10.1 Å². The predicted octanol–water partition coefficient (Wildman–Crippen LogP) is 4.39. The van der Waals surface area contributed by atoms with E-state index in [1.807, 2.05) is 31.2 Å². The van der Waals surface area contributed by atoms with E-state index in [9.17, 15) is 4.79 Å². The Morgan fingerprint density at radius 3 is 2.73 bits per heavy atom. The van der Waals surface area contributed by atoms with Crippen molar-refractivity contribution in [1.29, 1.82) is 0 Å². The second-order valence-electron chi connectivity index (χ2n) is 4.93. The molecule has 0 atom stereocenters. The lowest BCUT2D eigenvalue weighted by Gasteiger charge is -2.09. The topological polar surface area (TPSA) is 38.3 Å². The van der Waals surface area contributed by atoms with Crippen LogP contribution in [0.2, 0.25) is 10.0 Å². The fourth-order valence-electron chi connectivity index (χ4n) is 1.91. The number of hydrogen-bond acceptors (Lipinski definition) is 2. The van der Waals surface area contributed by atoms with E-state index in [0.717, 1.165) is 16.9 Å². The Morgan fingerprint density at radius 1 is 1.18 bits per heavy atom. The molecule has 22 heavy (non-hydrogen) atoms. The Balaban J connectivity index is 1.74. The Hall–Kier alpha value is -1.71. The highest BCUT2D eigenvalue weighted by atomic mass is 35.5. The average molecular weight is 338 g/mol. The molecule has 0 fully saturated rings. The quantitative estimate of drug-likeness (QED) is 0.848. The van der Waals surface area contributed by atoms with Crippen molar-refractivity contribution in [1.82, 2.24) is 5.32 Å². The van der Waals surface area contributed by atoms with Crippen molar-refractivity contribution in [3.63, 3.8) is 0 Å². The number of hydrogen-bond donors (Lipinski definition) is 1. The molecule has 1 amide bonds. The van der Waals surface area contributed by atoms with Crippen molar-refractivity contribution in [2.24, 2.45) is 0 Å². The molecular weight excluding hydrogens is 321 g/mol. The zero-order valence-corrected chi connectivity index (χ0v) is 13.7. The van der Waals surface area contributed by atoms with Crippen LogP contribution in [0.25, 0.3) is 0 Å². The van der Waals surface area contributed by atoms with Gasteiger partial charge in [0.05, 0.1) is 13.0 Å². The molecule has 2 aromatic carbocycles. The average Bonchev–Trinajstić information content (AvgIpc) is 2.46. The molecule has 3 nitrogen and oxygen atoms in total. The highest BCUT2D eigenvalue weighted by molar-refractivity contribution is 6.35. The second kappa shape index (κ2) is 8.06. The summed E-state index contributed by atoms with van der Waals surface area (Å²) in [6.45, 7) is 2.71. The molecule has 0 aromatic heterocycles. The summed E-state index contributed by atoms with van der Waals surface area (Å²) in [5.41, 5.74) is 1.96. The van der Waals surface area contributed by atoms with Crippen LogP contribution in [-0.2, 0) is 11.3 Å². The van der Waals surface area contributed by atoms with E-state index in [2.05, 4.69) is 5.32 Å². The molecule has 1 N–H and O–H groups in total. The van der Waals surface area contributed by atoms with Gasteiger partial charge in [-0.2, -0.15) is 0 Å². The minimum Gasteiger partial charge on any atom is -0.493 e. The molecule has 0 aliphatic carbocycles. The first kappa shape index (κ1) is 16.7. The number of rotatable bonds is 6. The first-order chi connectivity index (χ1) is 10.5. The van der Waals surface area contributed by atoms with Crippen molar-refractivity contribution in [3.8, 4) is 5.75 Å². The monoisotopic (exact) mass is 337 g/mol. The third-order valence-electron chi connectivity index (χ3n) is 3.08. The van der Waals surface area contributed by atoms with Gasteiger partial charge in [0.1, 0.15) is 5.75 Å².